The number of aromatic nitrogens is 2. The van der Waals surface area contributed by atoms with Crippen LogP contribution in [0, 0.1) is 5.82 Å². The molecule has 2 saturated heterocycles. The summed E-state index contributed by atoms with van der Waals surface area (Å²) >= 11 is 12.3. The van der Waals surface area contributed by atoms with Crippen molar-refractivity contribution in [3.05, 3.63) is 70.1 Å². The van der Waals surface area contributed by atoms with Gasteiger partial charge in [0, 0.05) is 31.5 Å². The number of likely N-dealkylation sites (tertiary alicyclic amines) is 1. The van der Waals surface area contributed by atoms with Crippen LogP contribution in [0.4, 0.5) is 4.39 Å². The second kappa shape index (κ2) is 8.48. The number of ether oxygens (including phenoxy) is 2. The van der Waals surface area contributed by atoms with Gasteiger partial charge in [0.1, 0.15) is 11.5 Å². The summed E-state index contributed by atoms with van der Waals surface area (Å²) in [5.41, 5.74) is 1.53. The molecule has 0 N–H and O–H groups in total. The molecule has 0 bridgehead atoms. The minimum absolute atomic E-state index is 0.209. The molecule has 0 radical (unpaired) electrons. The van der Waals surface area contributed by atoms with Gasteiger partial charge in [-0.3, -0.25) is 4.79 Å². The number of piperidine rings is 1. The highest BCUT2D eigenvalue weighted by atomic mass is 35.5. The van der Waals surface area contributed by atoms with Crippen LogP contribution in [0.15, 0.2) is 48.5 Å². The third-order valence-electron chi connectivity index (χ3n) is 5.85. The Bertz CT molecular complexity index is 1170. The Morgan fingerprint density at radius 1 is 1.00 bits per heavy atom. The molecule has 2 aliphatic rings. The van der Waals surface area contributed by atoms with Crippen LogP contribution >= 0.6 is 23.2 Å². The summed E-state index contributed by atoms with van der Waals surface area (Å²) in [5, 5.41) is 5.27. The second-order valence-electron chi connectivity index (χ2n) is 7.80. The monoisotopic (exact) mass is 475 g/mol. The normalized spacial score (nSPS) is 17.8. The van der Waals surface area contributed by atoms with E-state index in [9.17, 15) is 9.18 Å². The largest absolute Gasteiger partial charge is 0.347 e. The minimum Gasteiger partial charge on any atom is -0.347 e. The Labute approximate surface area is 194 Å². The summed E-state index contributed by atoms with van der Waals surface area (Å²) in [6.45, 7) is 2.12. The quantitative estimate of drug-likeness (QED) is 0.536. The zero-order valence-corrected chi connectivity index (χ0v) is 18.6. The number of carbonyl (C=O) groups is 1. The highest BCUT2D eigenvalue weighted by molar-refractivity contribution is 6.42. The molecule has 166 valence electrons. The summed E-state index contributed by atoms with van der Waals surface area (Å²) in [5.74, 6) is -1.21. The predicted octanol–water partition coefficient (Wildman–Crippen LogP) is 4.96. The average Bonchev–Trinajstić information content (AvgIpc) is 3.44. The summed E-state index contributed by atoms with van der Waals surface area (Å²) in [6.07, 6.45) is 1.19. The number of halogens is 3. The Morgan fingerprint density at radius 2 is 1.72 bits per heavy atom. The van der Waals surface area contributed by atoms with E-state index < -0.39 is 11.6 Å². The van der Waals surface area contributed by atoms with Crippen molar-refractivity contribution in [2.45, 2.75) is 18.6 Å². The lowest BCUT2D eigenvalue weighted by Crippen LogP contribution is -2.47. The fraction of sp³-hybridized carbons (Fsp3) is 0.304. The maximum Gasteiger partial charge on any atom is 0.272 e. The zero-order valence-electron chi connectivity index (χ0n) is 17.1. The first-order chi connectivity index (χ1) is 15.5. The maximum atomic E-state index is 14.4. The van der Waals surface area contributed by atoms with Crippen LogP contribution in [0.25, 0.3) is 16.9 Å². The number of benzene rings is 2. The van der Waals surface area contributed by atoms with Crippen LogP contribution in [0.5, 0.6) is 0 Å². The molecule has 3 aromatic rings. The molecule has 1 spiro atoms. The molecule has 6 nitrogen and oxygen atoms in total. The third kappa shape index (κ3) is 3.90. The third-order valence-corrected chi connectivity index (χ3v) is 6.59. The van der Waals surface area contributed by atoms with Crippen molar-refractivity contribution in [2.75, 3.05) is 26.3 Å². The lowest BCUT2D eigenvalue weighted by atomic mass is 10.0. The summed E-state index contributed by atoms with van der Waals surface area (Å²) < 4.78 is 27.5. The number of amides is 1. The van der Waals surface area contributed by atoms with Gasteiger partial charge in [-0.05, 0) is 36.4 Å². The Morgan fingerprint density at radius 3 is 2.41 bits per heavy atom. The molecular formula is C23H20Cl2FN3O3. The van der Waals surface area contributed by atoms with E-state index in [0.29, 0.717) is 71.8 Å². The lowest BCUT2D eigenvalue weighted by Gasteiger charge is -2.37. The molecule has 0 unspecified atom stereocenters. The molecule has 0 saturated carbocycles. The first-order valence-corrected chi connectivity index (χ1v) is 11.1. The molecule has 3 heterocycles. The van der Waals surface area contributed by atoms with Gasteiger partial charge >= 0.3 is 0 Å². The van der Waals surface area contributed by atoms with Crippen LogP contribution in [-0.2, 0) is 9.47 Å². The Kier molecular flexibility index (Phi) is 5.67. The van der Waals surface area contributed by atoms with Gasteiger partial charge in [-0.1, -0.05) is 35.3 Å². The summed E-state index contributed by atoms with van der Waals surface area (Å²) in [4.78, 5) is 15.3. The fourth-order valence-corrected chi connectivity index (χ4v) is 4.44. The molecule has 0 aliphatic carbocycles. The van der Waals surface area contributed by atoms with Crippen LogP contribution in [-0.4, -0.2) is 52.7 Å². The standard InChI is InChI=1S/C23H20Cl2FN3O3/c24-17-6-5-15(13-18(17)25)29-21(14-20(27-29)16-3-1-2-4-19(16)26)22(30)28-9-7-23(8-10-28)31-11-12-32-23/h1-6,13-14H,7-12H2. The maximum absolute atomic E-state index is 14.4. The molecule has 2 aliphatic heterocycles. The van der Waals surface area contributed by atoms with Crippen LogP contribution in [0.2, 0.25) is 10.0 Å². The molecule has 0 atom stereocenters. The van der Waals surface area contributed by atoms with Crippen molar-refractivity contribution in [2.24, 2.45) is 0 Å². The van der Waals surface area contributed by atoms with Gasteiger partial charge < -0.3 is 14.4 Å². The molecule has 32 heavy (non-hydrogen) atoms. The molecule has 2 aromatic carbocycles. The lowest BCUT2D eigenvalue weighted by molar-refractivity contribution is -0.181. The predicted molar refractivity (Wildman–Crippen MR) is 119 cm³/mol. The number of rotatable bonds is 3. The molecule has 9 heteroatoms. The van der Waals surface area contributed by atoms with Crippen molar-refractivity contribution in [1.29, 1.82) is 0 Å². The van der Waals surface area contributed by atoms with Gasteiger partial charge in [0.25, 0.3) is 5.91 Å². The van der Waals surface area contributed by atoms with E-state index >= 15 is 0 Å². The van der Waals surface area contributed by atoms with Gasteiger partial charge in [-0.25, -0.2) is 9.07 Å². The number of carbonyl (C=O) groups excluding carboxylic acids is 1. The van der Waals surface area contributed by atoms with E-state index in [1.54, 1.807) is 47.4 Å². The van der Waals surface area contributed by atoms with Crippen molar-refractivity contribution >= 4 is 29.1 Å². The van der Waals surface area contributed by atoms with Gasteiger partial charge in [0.2, 0.25) is 0 Å². The molecule has 5 rings (SSSR count). The number of hydrogen-bond donors (Lipinski definition) is 0. The van der Waals surface area contributed by atoms with E-state index in [2.05, 4.69) is 5.10 Å². The highest BCUT2D eigenvalue weighted by Crippen LogP contribution is 2.33. The first-order valence-electron chi connectivity index (χ1n) is 10.3. The van der Waals surface area contributed by atoms with Gasteiger partial charge in [-0.2, -0.15) is 5.10 Å². The van der Waals surface area contributed by atoms with E-state index in [1.807, 2.05) is 0 Å². The van der Waals surface area contributed by atoms with Crippen molar-refractivity contribution < 1.29 is 18.7 Å². The summed E-state index contributed by atoms with van der Waals surface area (Å²) in [7, 11) is 0. The van der Waals surface area contributed by atoms with Crippen LogP contribution < -0.4 is 0 Å². The number of hydrogen-bond acceptors (Lipinski definition) is 4. The highest BCUT2D eigenvalue weighted by Gasteiger charge is 2.41. The smallest absolute Gasteiger partial charge is 0.272 e. The summed E-state index contributed by atoms with van der Waals surface area (Å²) in [6, 6.07) is 12.9. The van der Waals surface area contributed by atoms with Gasteiger partial charge in [0.05, 0.1) is 34.6 Å². The van der Waals surface area contributed by atoms with Crippen molar-refractivity contribution in [3.63, 3.8) is 0 Å². The SMILES string of the molecule is O=C(c1cc(-c2ccccc2F)nn1-c1ccc(Cl)c(Cl)c1)N1CCC2(CC1)OCCO2. The molecule has 1 aromatic heterocycles. The van der Waals surface area contributed by atoms with E-state index in [4.69, 9.17) is 32.7 Å². The van der Waals surface area contributed by atoms with Crippen LogP contribution in [0.1, 0.15) is 23.3 Å². The van der Waals surface area contributed by atoms with E-state index in [-0.39, 0.29) is 5.91 Å². The van der Waals surface area contributed by atoms with Crippen LogP contribution in [0.3, 0.4) is 0 Å². The molecule has 1 amide bonds. The minimum atomic E-state index is -0.584. The first kappa shape index (κ1) is 21.4. The average molecular weight is 476 g/mol. The van der Waals surface area contributed by atoms with Crippen molar-refractivity contribution in [1.82, 2.24) is 14.7 Å². The van der Waals surface area contributed by atoms with Gasteiger partial charge in [-0.15, -0.1) is 0 Å². The van der Waals surface area contributed by atoms with E-state index in [0.717, 1.165) is 0 Å². The topological polar surface area (TPSA) is 56.6 Å². The molecule has 2 fully saturated rings. The Balaban J connectivity index is 1.52. The molecular weight excluding hydrogens is 456 g/mol. The zero-order chi connectivity index (χ0) is 22.3. The number of nitrogens with zero attached hydrogens (tertiary/aromatic N) is 3. The van der Waals surface area contributed by atoms with E-state index in [1.165, 1.54) is 10.7 Å². The van der Waals surface area contributed by atoms with Gasteiger partial charge in [0.15, 0.2) is 5.79 Å². The Hall–Kier alpha value is -2.45. The van der Waals surface area contributed by atoms with Crippen molar-refractivity contribution in [3.8, 4) is 16.9 Å². The second-order valence-corrected chi connectivity index (χ2v) is 8.62. The fourth-order valence-electron chi connectivity index (χ4n) is 4.15.